The van der Waals surface area contributed by atoms with Gasteiger partial charge in [0.05, 0.1) is 23.5 Å². The lowest BCUT2D eigenvalue weighted by Gasteiger charge is -2.14. The van der Waals surface area contributed by atoms with Gasteiger partial charge in [-0.1, -0.05) is 18.2 Å². The molecule has 0 radical (unpaired) electrons. The van der Waals surface area contributed by atoms with Crippen LogP contribution in [0.3, 0.4) is 0 Å². The van der Waals surface area contributed by atoms with Gasteiger partial charge in [-0.2, -0.15) is 5.26 Å². The summed E-state index contributed by atoms with van der Waals surface area (Å²) in [6.07, 6.45) is 7.17. The summed E-state index contributed by atoms with van der Waals surface area (Å²) in [7, 11) is 0. The largest absolute Gasteiger partial charge is 0.376 e. The number of nitriles is 1. The van der Waals surface area contributed by atoms with Gasteiger partial charge >= 0.3 is 5.69 Å². The molecule has 2 aromatic rings. The summed E-state index contributed by atoms with van der Waals surface area (Å²) in [5, 5.41) is 19.8. The summed E-state index contributed by atoms with van der Waals surface area (Å²) in [6, 6.07) is 2.29. The van der Waals surface area contributed by atoms with E-state index in [1.807, 2.05) is 0 Å². The Bertz CT molecular complexity index is 1010. The maximum absolute atomic E-state index is 12.8. The Morgan fingerprint density at radius 1 is 1.43 bits per heavy atom. The average molecular weight is 448 g/mol. The van der Waals surface area contributed by atoms with E-state index in [9.17, 15) is 14.9 Å². The number of ether oxygens (including phenoxy) is 1. The molecule has 1 fully saturated rings. The molecular formula is C20H25N5O3S2. The number of H-pyrrole nitrogens is 1. The first-order valence-corrected chi connectivity index (χ1v) is 12.1. The number of anilines is 1. The van der Waals surface area contributed by atoms with Crippen molar-refractivity contribution in [3.05, 3.63) is 26.5 Å². The number of aromatic amines is 1. The zero-order valence-corrected chi connectivity index (χ0v) is 18.5. The van der Waals surface area contributed by atoms with E-state index in [2.05, 4.69) is 21.6 Å². The summed E-state index contributed by atoms with van der Waals surface area (Å²) < 4.78 is 7.16. The van der Waals surface area contributed by atoms with E-state index in [1.54, 1.807) is 11.5 Å². The topological polar surface area (TPSA) is 113 Å². The molecule has 3 heterocycles. The summed E-state index contributed by atoms with van der Waals surface area (Å²) in [5.74, 6) is -0.202. The third kappa shape index (κ3) is 4.48. The van der Waals surface area contributed by atoms with Gasteiger partial charge in [-0.05, 0) is 51.0 Å². The monoisotopic (exact) mass is 447 g/mol. The van der Waals surface area contributed by atoms with Crippen LogP contribution < -0.4 is 11.0 Å². The number of thioether (sulfide) groups is 1. The molecule has 1 aliphatic carbocycles. The van der Waals surface area contributed by atoms with Gasteiger partial charge in [0.1, 0.15) is 11.1 Å². The van der Waals surface area contributed by atoms with Crippen LogP contribution in [-0.4, -0.2) is 38.6 Å². The Balaban J connectivity index is 1.45. The van der Waals surface area contributed by atoms with Crippen LogP contribution >= 0.6 is 23.1 Å². The number of nitrogens with zero attached hydrogens (tertiary/aromatic N) is 3. The highest BCUT2D eigenvalue weighted by Gasteiger charge is 2.25. The molecule has 2 aromatic heterocycles. The third-order valence-electron chi connectivity index (χ3n) is 5.55. The number of nitrogens with one attached hydrogen (secondary N) is 2. The van der Waals surface area contributed by atoms with E-state index in [4.69, 9.17) is 4.74 Å². The molecule has 0 bridgehead atoms. The van der Waals surface area contributed by atoms with Gasteiger partial charge in [0.15, 0.2) is 5.16 Å². The van der Waals surface area contributed by atoms with Crippen molar-refractivity contribution in [1.29, 1.82) is 5.26 Å². The van der Waals surface area contributed by atoms with Crippen molar-refractivity contribution in [2.45, 2.75) is 74.9 Å². The number of fused-ring (bicyclic) bond motifs is 1. The molecule has 2 atom stereocenters. The maximum Gasteiger partial charge on any atom is 0.344 e. The summed E-state index contributed by atoms with van der Waals surface area (Å²) in [4.78, 5) is 26.2. The third-order valence-corrected chi connectivity index (χ3v) is 7.85. The van der Waals surface area contributed by atoms with Crippen LogP contribution in [-0.2, 0) is 28.9 Å². The van der Waals surface area contributed by atoms with Gasteiger partial charge in [0.25, 0.3) is 0 Å². The maximum atomic E-state index is 12.8. The van der Waals surface area contributed by atoms with Crippen molar-refractivity contribution in [1.82, 2.24) is 14.8 Å². The van der Waals surface area contributed by atoms with E-state index in [1.165, 1.54) is 34.4 Å². The molecule has 10 heteroatoms. The molecule has 1 aliphatic heterocycles. The molecule has 2 aliphatic rings. The lowest BCUT2D eigenvalue weighted by atomic mass is 10.1. The quantitative estimate of drug-likeness (QED) is 0.520. The molecule has 0 saturated carbocycles. The fraction of sp³-hybridized carbons (Fsp3) is 0.600. The predicted octanol–water partition coefficient (Wildman–Crippen LogP) is 3.07. The molecule has 8 nitrogen and oxygen atoms in total. The van der Waals surface area contributed by atoms with E-state index in [-0.39, 0.29) is 17.7 Å². The first-order valence-electron chi connectivity index (χ1n) is 10.4. The molecule has 160 valence electrons. The average Bonchev–Trinajstić information content (AvgIpc) is 3.40. The zero-order valence-electron chi connectivity index (χ0n) is 16.9. The summed E-state index contributed by atoms with van der Waals surface area (Å²) >= 11 is 2.75. The standard InChI is InChI=1S/C20H25N5O3S2/c1-12(29-20-24-23-19(27)25(20)11-13-6-5-9-28-13)17(26)22-18-15(10-21)14-7-3-2-4-8-16(14)30-18/h12-13H,2-9,11H2,1H3,(H,22,26)(H,23,27). The summed E-state index contributed by atoms with van der Waals surface area (Å²) in [5.41, 5.74) is 1.42. The highest BCUT2D eigenvalue weighted by atomic mass is 32.2. The molecule has 4 rings (SSSR count). The number of amides is 1. The van der Waals surface area contributed by atoms with E-state index in [0.29, 0.717) is 28.9 Å². The SMILES string of the molecule is CC(Sc1n[nH]c(=O)n1CC1CCCO1)C(=O)Nc1sc2c(c1C#N)CCCCC2. The number of carbonyl (C=O) groups excluding carboxylic acids is 1. The minimum atomic E-state index is -0.475. The zero-order chi connectivity index (χ0) is 21.1. The Kier molecular flexibility index (Phi) is 6.61. The van der Waals surface area contributed by atoms with E-state index >= 15 is 0 Å². The number of hydrogen-bond acceptors (Lipinski definition) is 7. The van der Waals surface area contributed by atoms with E-state index < -0.39 is 5.25 Å². The molecule has 0 aromatic carbocycles. The first-order chi connectivity index (χ1) is 14.6. The van der Waals surface area contributed by atoms with Gasteiger partial charge in [-0.3, -0.25) is 9.36 Å². The fourth-order valence-electron chi connectivity index (χ4n) is 3.92. The Morgan fingerprint density at radius 2 is 2.27 bits per heavy atom. The van der Waals surface area contributed by atoms with Crippen molar-refractivity contribution in [2.24, 2.45) is 0 Å². The van der Waals surface area contributed by atoms with Crippen molar-refractivity contribution in [3.8, 4) is 6.07 Å². The van der Waals surface area contributed by atoms with Crippen LogP contribution in [0.25, 0.3) is 0 Å². The molecule has 1 amide bonds. The number of hydrogen-bond donors (Lipinski definition) is 2. The molecule has 1 saturated heterocycles. The lowest BCUT2D eigenvalue weighted by Crippen LogP contribution is -2.26. The van der Waals surface area contributed by atoms with Crippen LogP contribution in [0, 0.1) is 11.3 Å². The van der Waals surface area contributed by atoms with Gasteiger partial charge in [0, 0.05) is 11.5 Å². The molecule has 2 N–H and O–H groups in total. The van der Waals surface area contributed by atoms with Crippen LogP contribution in [0.1, 0.15) is 55.0 Å². The first kappa shape index (κ1) is 21.2. The highest BCUT2D eigenvalue weighted by Crippen LogP contribution is 2.37. The van der Waals surface area contributed by atoms with E-state index in [0.717, 1.165) is 44.1 Å². The van der Waals surface area contributed by atoms with Crippen LogP contribution in [0.2, 0.25) is 0 Å². The number of aryl methyl sites for hydroxylation is 1. The number of thiophene rings is 1. The number of rotatable bonds is 6. The van der Waals surface area contributed by atoms with Crippen LogP contribution in [0.5, 0.6) is 0 Å². The van der Waals surface area contributed by atoms with Gasteiger partial charge < -0.3 is 10.1 Å². The lowest BCUT2D eigenvalue weighted by molar-refractivity contribution is -0.115. The van der Waals surface area contributed by atoms with Crippen molar-refractivity contribution in [3.63, 3.8) is 0 Å². The molecular weight excluding hydrogens is 422 g/mol. The van der Waals surface area contributed by atoms with Gasteiger partial charge in [-0.15, -0.1) is 16.4 Å². The second-order valence-corrected chi connectivity index (χ2v) is 10.1. The minimum absolute atomic E-state index is 0.00323. The Hall–Kier alpha value is -2.09. The van der Waals surface area contributed by atoms with Gasteiger partial charge in [0.2, 0.25) is 5.91 Å². The van der Waals surface area contributed by atoms with Crippen LogP contribution in [0.4, 0.5) is 5.00 Å². The molecule has 30 heavy (non-hydrogen) atoms. The second-order valence-electron chi connectivity index (χ2n) is 7.69. The van der Waals surface area contributed by atoms with Gasteiger partial charge in [-0.25, -0.2) is 9.89 Å². The van der Waals surface area contributed by atoms with Crippen molar-refractivity contribution >= 4 is 34.0 Å². The van der Waals surface area contributed by atoms with Crippen LogP contribution in [0.15, 0.2) is 9.95 Å². The second kappa shape index (κ2) is 9.37. The minimum Gasteiger partial charge on any atom is -0.376 e. The Morgan fingerprint density at radius 3 is 3.03 bits per heavy atom. The normalized spacial score (nSPS) is 19.7. The number of carbonyl (C=O) groups is 1. The Labute approximate surface area is 183 Å². The molecule has 2 unspecified atom stereocenters. The smallest absolute Gasteiger partial charge is 0.344 e. The summed E-state index contributed by atoms with van der Waals surface area (Å²) in [6.45, 7) is 2.92. The van der Waals surface area contributed by atoms with Crippen molar-refractivity contribution < 1.29 is 9.53 Å². The predicted molar refractivity (Wildman–Crippen MR) is 116 cm³/mol. The van der Waals surface area contributed by atoms with Crippen molar-refractivity contribution in [2.75, 3.05) is 11.9 Å². The molecule has 0 spiro atoms. The highest BCUT2D eigenvalue weighted by molar-refractivity contribution is 8.00. The number of aromatic nitrogens is 3. The fourth-order valence-corrected chi connectivity index (χ4v) is 6.03.